The molecule has 0 fully saturated rings. The van der Waals surface area contributed by atoms with Gasteiger partial charge in [0, 0.05) is 30.3 Å². The summed E-state index contributed by atoms with van der Waals surface area (Å²) in [5, 5.41) is 14.6. The maximum atomic E-state index is 11.4. The van der Waals surface area contributed by atoms with Crippen LogP contribution in [0.3, 0.4) is 0 Å². The van der Waals surface area contributed by atoms with Gasteiger partial charge in [-0.25, -0.2) is 0 Å². The lowest BCUT2D eigenvalue weighted by Gasteiger charge is -2.00. The summed E-state index contributed by atoms with van der Waals surface area (Å²) in [5.74, 6) is 1.04. The molecule has 2 aromatic rings. The van der Waals surface area contributed by atoms with Gasteiger partial charge >= 0.3 is 0 Å². The van der Waals surface area contributed by atoms with Gasteiger partial charge in [0.05, 0.1) is 0 Å². The van der Waals surface area contributed by atoms with Crippen molar-refractivity contribution in [2.45, 2.75) is 26.2 Å². The first-order chi connectivity index (χ1) is 8.79. The summed E-state index contributed by atoms with van der Waals surface area (Å²) in [7, 11) is 0. The Morgan fingerprint density at radius 1 is 1.50 bits per heavy atom. The van der Waals surface area contributed by atoms with Gasteiger partial charge in [0.1, 0.15) is 0 Å². The fourth-order valence-corrected chi connectivity index (χ4v) is 2.06. The lowest BCUT2D eigenvalue weighted by molar-refractivity contribution is -0.121. The number of carbonyl (C=O) groups excluding carboxylic acids is 1. The van der Waals surface area contributed by atoms with Crippen LogP contribution in [0.15, 0.2) is 21.2 Å². The van der Waals surface area contributed by atoms with Gasteiger partial charge < -0.3 is 9.73 Å². The number of aryl methyl sites for hydroxylation is 1. The topological polar surface area (TPSA) is 68.0 Å². The fourth-order valence-electron chi connectivity index (χ4n) is 1.43. The first kappa shape index (κ1) is 12.8. The minimum atomic E-state index is 0.0205. The third-order valence-corrected chi connectivity index (χ3v) is 3.06. The van der Waals surface area contributed by atoms with Crippen molar-refractivity contribution in [2.75, 3.05) is 6.54 Å². The van der Waals surface area contributed by atoms with E-state index < -0.39 is 0 Å². The fraction of sp³-hybridized carbons (Fsp3) is 0.417. The highest BCUT2D eigenvalue weighted by molar-refractivity contribution is 7.08. The molecule has 0 radical (unpaired) electrons. The molecule has 2 rings (SSSR count). The molecule has 2 aromatic heterocycles. The van der Waals surface area contributed by atoms with Crippen molar-refractivity contribution in [3.05, 3.63) is 22.7 Å². The Balaban J connectivity index is 1.86. The Kier molecular flexibility index (Phi) is 4.46. The second-order valence-corrected chi connectivity index (χ2v) is 4.64. The Hall–Kier alpha value is -1.69. The summed E-state index contributed by atoms with van der Waals surface area (Å²) in [6, 6.07) is 1.93. The van der Waals surface area contributed by atoms with E-state index in [2.05, 4.69) is 15.5 Å². The number of nitrogens with zero attached hydrogens (tertiary/aromatic N) is 2. The van der Waals surface area contributed by atoms with Crippen LogP contribution in [0.1, 0.15) is 25.7 Å². The SMILES string of the molecule is CCCNC(=O)CCc1nnc(-c2ccsc2)o1. The van der Waals surface area contributed by atoms with E-state index in [1.165, 1.54) is 0 Å². The zero-order valence-electron chi connectivity index (χ0n) is 10.2. The highest BCUT2D eigenvalue weighted by atomic mass is 32.1. The molecule has 0 saturated heterocycles. The van der Waals surface area contributed by atoms with Crippen LogP contribution in [0.4, 0.5) is 0 Å². The molecule has 0 bridgehead atoms. The van der Waals surface area contributed by atoms with Crippen LogP contribution in [-0.4, -0.2) is 22.6 Å². The monoisotopic (exact) mass is 265 g/mol. The van der Waals surface area contributed by atoms with Crippen molar-refractivity contribution in [1.82, 2.24) is 15.5 Å². The smallest absolute Gasteiger partial charge is 0.248 e. The number of thiophene rings is 1. The largest absolute Gasteiger partial charge is 0.421 e. The van der Waals surface area contributed by atoms with Crippen LogP contribution < -0.4 is 5.32 Å². The Labute approximate surface area is 109 Å². The molecule has 2 heterocycles. The molecule has 0 aliphatic carbocycles. The number of hydrogen-bond donors (Lipinski definition) is 1. The minimum Gasteiger partial charge on any atom is -0.421 e. The number of amides is 1. The number of nitrogens with one attached hydrogen (secondary N) is 1. The molecular formula is C12H15N3O2S. The van der Waals surface area contributed by atoms with E-state index in [0.29, 0.717) is 31.2 Å². The molecule has 96 valence electrons. The van der Waals surface area contributed by atoms with Crippen LogP contribution >= 0.6 is 11.3 Å². The van der Waals surface area contributed by atoms with Gasteiger partial charge in [0.2, 0.25) is 17.7 Å². The van der Waals surface area contributed by atoms with E-state index in [0.717, 1.165) is 12.0 Å². The van der Waals surface area contributed by atoms with Gasteiger partial charge in [0.25, 0.3) is 0 Å². The van der Waals surface area contributed by atoms with Gasteiger partial charge in [-0.1, -0.05) is 6.92 Å². The minimum absolute atomic E-state index is 0.0205. The summed E-state index contributed by atoms with van der Waals surface area (Å²) in [6.45, 7) is 2.73. The molecule has 18 heavy (non-hydrogen) atoms. The molecule has 1 N–H and O–H groups in total. The quantitative estimate of drug-likeness (QED) is 0.870. The molecule has 0 unspecified atom stereocenters. The van der Waals surface area contributed by atoms with Crippen LogP contribution in [-0.2, 0) is 11.2 Å². The van der Waals surface area contributed by atoms with Crippen molar-refractivity contribution in [3.63, 3.8) is 0 Å². The molecule has 0 atom stereocenters. The first-order valence-electron chi connectivity index (χ1n) is 5.91. The molecule has 0 aromatic carbocycles. The summed E-state index contributed by atoms with van der Waals surface area (Å²) in [5.41, 5.74) is 0.925. The second kappa shape index (κ2) is 6.30. The third kappa shape index (κ3) is 3.40. The van der Waals surface area contributed by atoms with Crippen LogP contribution in [0.2, 0.25) is 0 Å². The summed E-state index contributed by atoms with van der Waals surface area (Å²) in [4.78, 5) is 11.4. The van der Waals surface area contributed by atoms with E-state index in [4.69, 9.17) is 4.42 Å². The average molecular weight is 265 g/mol. The number of aromatic nitrogens is 2. The van der Waals surface area contributed by atoms with Crippen molar-refractivity contribution < 1.29 is 9.21 Å². The molecule has 0 aliphatic rings. The van der Waals surface area contributed by atoms with Crippen molar-refractivity contribution >= 4 is 17.2 Å². The van der Waals surface area contributed by atoms with E-state index in [9.17, 15) is 4.79 Å². The Morgan fingerprint density at radius 3 is 3.11 bits per heavy atom. The van der Waals surface area contributed by atoms with Gasteiger partial charge in [0.15, 0.2) is 0 Å². The number of rotatable bonds is 6. The van der Waals surface area contributed by atoms with Crippen molar-refractivity contribution in [1.29, 1.82) is 0 Å². The van der Waals surface area contributed by atoms with Gasteiger partial charge in [-0.15, -0.1) is 10.2 Å². The lowest BCUT2D eigenvalue weighted by atomic mass is 10.3. The zero-order chi connectivity index (χ0) is 12.8. The normalized spacial score (nSPS) is 10.5. The molecule has 5 nitrogen and oxygen atoms in total. The summed E-state index contributed by atoms with van der Waals surface area (Å²) in [6.07, 6.45) is 1.80. The number of carbonyl (C=O) groups is 1. The summed E-state index contributed by atoms with van der Waals surface area (Å²) >= 11 is 1.58. The number of hydrogen-bond acceptors (Lipinski definition) is 5. The van der Waals surface area contributed by atoms with E-state index in [-0.39, 0.29) is 5.91 Å². The maximum absolute atomic E-state index is 11.4. The Bertz CT molecular complexity index is 493. The second-order valence-electron chi connectivity index (χ2n) is 3.86. The first-order valence-corrected chi connectivity index (χ1v) is 6.85. The van der Waals surface area contributed by atoms with Crippen molar-refractivity contribution in [2.24, 2.45) is 0 Å². The molecular weight excluding hydrogens is 250 g/mol. The van der Waals surface area contributed by atoms with E-state index >= 15 is 0 Å². The van der Waals surface area contributed by atoms with E-state index in [1.54, 1.807) is 11.3 Å². The van der Waals surface area contributed by atoms with E-state index in [1.807, 2.05) is 23.8 Å². The molecule has 0 spiro atoms. The van der Waals surface area contributed by atoms with Crippen LogP contribution in [0.5, 0.6) is 0 Å². The van der Waals surface area contributed by atoms with Gasteiger partial charge in [-0.3, -0.25) is 4.79 Å². The highest BCUT2D eigenvalue weighted by Gasteiger charge is 2.10. The van der Waals surface area contributed by atoms with Gasteiger partial charge in [-0.2, -0.15) is 11.3 Å². The lowest BCUT2D eigenvalue weighted by Crippen LogP contribution is -2.24. The van der Waals surface area contributed by atoms with Crippen LogP contribution in [0, 0.1) is 0 Å². The van der Waals surface area contributed by atoms with Gasteiger partial charge in [-0.05, 0) is 17.9 Å². The molecule has 0 saturated carbocycles. The standard InChI is InChI=1S/C12H15N3O2S/c1-2-6-13-10(16)3-4-11-14-15-12(17-11)9-5-7-18-8-9/h5,7-8H,2-4,6H2,1H3,(H,13,16). The molecule has 6 heteroatoms. The van der Waals surface area contributed by atoms with Crippen LogP contribution in [0.25, 0.3) is 11.5 Å². The third-order valence-electron chi connectivity index (χ3n) is 2.37. The highest BCUT2D eigenvalue weighted by Crippen LogP contribution is 2.20. The maximum Gasteiger partial charge on any atom is 0.248 e. The molecule has 0 aliphatic heterocycles. The molecule has 1 amide bonds. The Morgan fingerprint density at radius 2 is 2.39 bits per heavy atom. The predicted molar refractivity (Wildman–Crippen MR) is 69.2 cm³/mol. The average Bonchev–Trinajstić information content (AvgIpc) is 3.03. The summed E-state index contributed by atoms with van der Waals surface area (Å²) < 4.78 is 5.49. The zero-order valence-corrected chi connectivity index (χ0v) is 11.0. The van der Waals surface area contributed by atoms with Crippen molar-refractivity contribution in [3.8, 4) is 11.5 Å². The predicted octanol–water partition coefficient (Wildman–Crippen LogP) is 2.26.